The van der Waals surface area contributed by atoms with Crippen LogP contribution in [-0.4, -0.2) is 21.9 Å². The Hall–Kier alpha value is -1.13. The Morgan fingerprint density at radius 1 is 1.43 bits per heavy atom. The maximum atomic E-state index is 9.23. The van der Waals surface area contributed by atoms with E-state index in [1.54, 1.807) is 0 Å². The van der Waals surface area contributed by atoms with Gasteiger partial charge in [-0.3, -0.25) is 5.21 Å². The van der Waals surface area contributed by atoms with Crippen LogP contribution in [0.4, 0.5) is 0 Å². The van der Waals surface area contributed by atoms with Gasteiger partial charge in [0.2, 0.25) is 0 Å². The number of thiocarbonyl (C=S) groups is 1. The summed E-state index contributed by atoms with van der Waals surface area (Å²) in [6, 6.07) is 9.91. The second-order valence-corrected chi connectivity index (χ2v) is 3.25. The predicted octanol–water partition coefficient (Wildman–Crippen LogP) is 1.77. The standard InChI is InChI=1S/C10H14N2OS/c1-2-12(13)10(14)11-8-9-6-4-3-5-7-9/h3-7,13H,2,8H2,1H3,(H,11,14). The van der Waals surface area contributed by atoms with Crippen molar-refractivity contribution in [3.63, 3.8) is 0 Å². The van der Waals surface area contributed by atoms with Gasteiger partial charge in [-0.05, 0) is 24.7 Å². The lowest BCUT2D eigenvalue weighted by Crippen LogP contribution is -2.36. The molecule has 76 valence electrons. The summed E-state index contributed by atoms with van der Waals surface area (Å²) >= 11 is 4.94. The number of nitrogens with one attached hydrogen (secondary N) is 1. The second kappa shape index (κ2) is 5.57. The molecule has 0 aliphatic heterocycles. The molecular formula is C10H14N2OS. The zero-order valence-corrected chi connectivity index (χ0v) is 8.92. The highest BCUT2D eigenvalue weighted by atomic mass is 32.1. The summed E-state index contributed by atoms with van der Waals surface area (Å²) in [6.45, 7) is 2.95. The van der Waals surface area contributed by atoms with Gasteiger partial charge in [-0.2, -0.15) is 0 Å². The van der Waals surface area contributed by atoms with Crippen LogP contribution in [0.1, 0.15) is 12.5 Å². The van der Waals surface area contributed by atoms with E-state index in [0.717, 1.165) is 10.6 Å². The van der Waals surface area contributed by atoms with Gasteiger partial charge in [-0.15, -0.1) is 0 Å². The maximum absolute atomic E-state index is 9.23. The Bertz CT molecular complexity index is 289. The minimum absolute atomic E-state index is 0.358. The average Bonchev–Trinajstić information content (AvgIpc) is 2.26. The number of nitrogens with zero attached hydrogens (tertiary/aromatic N) is 1. The first-order valence-corrected chi connectivity index (χ1v) is 4.93. The van der Waals surface area contributed by atoms with Gasteiger partial charge in [0, 0.05) is 13.1 Å². The van der Waals surface area contributed by atoms with Crippen molar-refractivity contribution in [2.75, 3.05) is 6.54 Å². The van der Waals surface area contributed by atoms with Crippen LogP contribution in [0.15, 0.2) is 30.3 Å². The van der Waals surface area contributed by atoms with Crippen LogP contribution in [0.2, 0.25) is 0 Å². The molecule has 1 rings (SSSR count). The highest BCUT2D eigenvalue weighted by molar-refractivity contribution is 7.80. The Kier molecular flexibility index (Phi) is 4.35. The Morgan fingerprint density at radius 3 is 2.64 bits per heavy atom. The van der Waals surface area contributed by atoms with Crippen LogP contribution in [0.3, 0.4) is 0 Å². The molecule has 0 radical (unpaired) electrons. The molecule has 1 aromatic carbocycles. The molecule has 14 heavy (non-hydrogen) atoms. The van der Waals surface area contributed by atoms with Crippen molar-refractivity contribution in [3.05, 3.63) is 35.9 Å². The summed E-state index contributed by atoms with van der Waals surface area (Å²) in [5.74, 6) is 0. The second-order valence-electron chi connectivity index (χ2n) is 2.86. The van der Waals surface area contributed by atoms with Crippen molar-refractivity contribution in [3.8, 4) is 0 Å². The zero-order chi connectivity index (χ0) is 10.4. The Balaban J connectivity index is 2.38. The molecule has 0 unspecified atom stereocenters. The van der Waals surface area contributed by atoms with Crippen LogP contribution >= 0.6 is 12.2 Å². The van der Waals surface area contributed by atoms with Gasteiger partial charge in [-0.1, -0.05) is 30.3 Å². The Morgan fingerprint density at radius 2 is 2.07 bits per heavy atom. The summed E-state index contributed by atoms with van der Waals surface area (Å²) in [6.07, 6.45) is 0. The van der Waals surface area contributed by atoms with Crippen LogP contribution in [0, 0.1) is 0 Å². The summed E-state index contributed by atoms with van der Waals surface area (Å²) in [5.41, 5.74) is 1.14. The third-order valence-electron chi connectivity index (χ3n) is 1.82. The van der Waals surface area contributed by atoms with E-state index >= 15 is 0 Å². The van der Waals surface area contributed by atoms with Crippen LogP contribution in [-0.2, 0) is 6.54 Å². The molecule has 0 amide bonds. The van der Waals surface area contributed by atoms with Gasteiger partial charge in [0.15, 0.2) is 5.11 Å². The molecule has 0 saturated heterocycles. The molecular weight excluding hydrogens is 196 g/mol. The molecule has 0 spiro atoms. The highest BCUT2D eigenvalue weighted by Crippen LogP contribution is 1.97. The van der Waals surface area contributed by atoms with Crippen LogP contribution in [0.5, 0.6) is 0 Å². The van der Waals surface area contributed by atoms with Crippen LogP contribution < -0.4 is 5.32 Å². The Labute approximate surface area is 89.3 Å². The minimum Gasteiger partial charge on any atom is -0.357 e. The van der Waals surface area contributed by atoms with Crippen molar-refractivity contribution >= 4 is 17.3 Å². The van der Waals surface area contributed by atoms with E-state index in [2.05, 4.69) is 5.32 Å². The topological polar surface area (TPSA) is 35.5 Å². The minimum atomic E-state index is 0.358. The number of hydroxylamine groups is 2. The monoisotopic (exact) mass is 210 g/mol. The molecule has 0 atom stereocenters. The fraction of sp³-hybridized carbons (Fsp3) is 0.300. The lowest BCUT2D eigenvalue weighted by atomic mass is 10.2. The lowest BCUT2D eigenvalue weighted by Gasteiger charge is -2.16. The lowest BCUT2D eigenvalue weighted by molar-refractivity contribution is -0.0101. The zero-order valence-electron chi connectivity index (χ0n) is 8.10. The van der Waals surface area contributed by atoms with Crippen molar-refractivity contribution in [1.82, 2.24) is 10.4 Å². The molecule has 0 aromatic heterocycles. The maximum Gasteiger partial charge on any atom is 0.193 e. The largest absolute Gasteiger partial charge is 0.357 e. The molecule has 0 aliphatic rings. The van der Waals surface area contributed by atoms with Gasteiger partial charge >= 0.3 is 0 Å². The number of hydrogen-bond acceptors (Lipinski definition) is 2. The molecule has 2 N–H and O–H groups in total. The summed E-state index contributed by atoms with van der Waals surface area (Å²) in [5, 5.41) is 13.6. The van der Waals surface area contributed by atoms with Crippen molar-refractivity contribution in [1.29, 1.82) is 0 Å². The molecule has 0 saturated carbocycles. The van der Waals surface area contributed by atoms with E-state index < -0.39 is 0 Å². The number of benzene rings is 1. The molecule has 1 aromatic rings. The first-order chi connectivity index (χ1) is 6.74. The van der Waals surface area contributed by atoms with Crippen molar-refractivity contribution in [2.24, 2.45) is 0 Å². The van der Waals surface area contributed by atoms with Gasteiger partial charge < -0.3 is 5.32 Å². The molecule has 0 bridgehead atoms. The predicted molar refractivity (Wildman–Crippen MR) is 60.0 cm³/mol. The smallest absolute Gasteiger partial charge is 0.193 e. The van der Waals surface area contributed by atoms with E-state index in [0.29, 0.717) is 18.2 Å². The van der Waals surface area contributed by atoms with Crippen molar-refractivity contribution < 1.29 is 5.21 Å². The normalized spacial score (nSPS) is 9.57. The van der Waals surface area contributed by atoms with E-state index in [9.17, 15) is 5.21 Å². The van der Waals surface area contributed by atoms with Crippen molar-refractivity contribution in [2.45, 2.75) is 13.5 Å². The van der Waals surface area contributed by atoms with E-state index in [1.807, 2.05) is 37.3 Å². The summed E-state index contributed by atoms with van der Waals surface area (Å²) < 4.78 is 0. The third kappa shape index (κ3) is 3.32. The summed E-state index contributed by atoms with van der Waals surface area (Å²) in [4.78, 5) is 0. The molecule has 0 heterocycles. The SMILES string of the molecule is CCN(O)C(=S)NCc1ccccc1. The fourth-order valence-electron chi connectivity index (χ4n) is 1.01. The van der Waals surface area contributed by atoms with Gasteiger partial charge in [0.1, 0.15) is 0 Å². The third-order valence-corrected chi connectivity index (χ3v) is 2.18. The van der Waals surface area contributed by atoms with Gasteiger partial charge in [-0.25, -0.2) is 5.06 Å². The molecule has 0 aliphatic carbocycles. The molecule has 4 heteroatoms. The number of rotatable bonds is 3. The summed E-state index contributed by atoms with van der Waals surface area (Å²) in [7, 11) is 0. The molecule has 0 fully saturated rings. The first kappa shape index (κ1) is 10.9. The van der Waals surface area contributed by atoms with E-state index in [1.165, 1.54) is 0 Å². The highest BCUT2D eigenvalue weighted by Gasteiger charge is 2.01. The average molecular weight is 210 g/mol. The van der Waals surface area contributed by atoms with Gasteiger partial charge in [0.25, 0.3) is 0 Å². The molecule has 3 nitrogen and oxygen atoms in total. The first-order valence-electron chi connectivity index (χ1n) is 4.52. The van der Waals surface area contributed by atoms with Crippen LogP contribution in [0.25, 0.3) is 0 Å². The van der Waals surface area contributed by atoms with Gasteiger partial charge in [0.05, 0.1) is 0 Å². The van der Waals surface area contributed by atoms with E-state index in [-0.39, 0.29) is 0 Å². The quantitative estimate of drug-likeness (QED) is 0.589. The fourth-order valence-corrected chi connectivity index (χ4v) is 1.21. The number of hydrogen-bond donors (Lipinski definition) is 2. The van der Waals surface area contributed by atoms with E-state index in [4.69, 9.17) is 12.2 Å².